The van der Waals surface area contributed by atoms with Crippen LogP contribution in [0.3, 0.4) is 0 Å². The standard InChI is InChI=1S/C23H22ClF3O4/c1-14-10-17(24)4-6-19(14)20-8-9-30-12-16(20)13-31-18-5-2-15(3-7-22(28)29)21(11-18)23(25,26)27/h2,4-6,10-11H,3,7-9,12-13H2,1H3,(H,28,29). The van der Waals surface area contributed by atoms with Crippen LogP contribution in [0.1, 0.15) is 35.1 Å². The zero-order valence-electron chi connectivity index (χ0n) is 16.9. The summed E-state index contributed by atoms with van der Waals surface area (Å²) >= 11 is 6.05. The number of hydrogen-bond donors (Lipinski definition) is 1. The Bertz CT molecular complexity index is 999. The van der Waals surface area contributed by atoms with Gasteiger partial charge in [-0.2, -0.15) is 13.2 Å². The van der Waals surface area contributed by atoms with Crippen LogP contribution in [0.2, 0.25) is 5.02 Å². The highest BCUT2D eigenvalue weighted by molar-refractivity contribution is 6.30. The average Bonchev–Trinajstić information content (AvgIpc) is 2.70. The second-order valence-corrected chi connectivity index (χ2v) is 7.78. The molecule has 2 aromatic rings. The quantitative estimate of drug-likeness (QED) is 0.562. The van der Waals surface area contributed by atoms with Crippen molar-refractivity contribution in [3.8, 4) is 5.75 Å². The van der Waals surface area contributed by atoms with E-state index in [1.165, 1.54) is 12.1 Å². The van der Waals surface area contributed by atoms with Crippen molar-refractivity contribution >= 4 is 23.1 Å². The lowest BCUT2D eigenvalue weighted by molar-refractivity contribution is -0.140. The minimum Gasteiger partial charge on any atom is -0.489 e. The number of alkyl halides is 3. The molecule has 1 aliphatic rings. The Morgan fingerprint density at radius 2 is 2.00 bits per heavy atom. The molecule has 0 fully saturated rings. The first-order valence-corrected chi connectivity index (χ1v) is 10.1. The number of carboxylic acids is 1. The van der Waals surface area contributed by atoms with Crippen LogP contribution in [0.15, 0.2) is 42.0 Å². The normalized spacial score (nSPS) is 14.6. The molecule has 31 heavy (non-hydrogen) atoms. The second-order valence-electron chi connectivity index (χ2n) is 7.34. The molecule has 0 atom stereocenters. The molecule has 1 heterocycles. The predicted molar refractivity (Wildman–Crippen MR) is 111 cm³/mol. The summed E-state index contributed by atoms with van der Waals surface area (Å²) in [6.45, 7) is 2.92. The molecule has 2 aromatic carbocycles. The fourth-order valence-corrected chi connectivity index (χ4v) is 3.82. The fourth-order valence-electron chi connectivity index (χ4n) is 3.59. The van der Waals surface area contributed by atoms with Crippen molar-refractivity contribution in [3.63, 3.8) is 0 Å². The van der Waals surface area contributed by atoms with Crippen LogP contribution in [0.25, 0.3) is 5.57 Å². The molecule has 0 saturated heterocycles. The van der Waals surface area contributed by atoms with Crippen molar-refractivity contribution in [2.45, 2.75) is 32.4 Å². The molecular weight excluding hydrogens is 433 g/mol. The van der Waals surface area contributed by atoms with Gasteiger partial charge < -0.3 is 14.6 Å². The summed E-state index contributed by atoms with van der Waals surface area (Å²) in [4.78, 5) is 10.7. The molecule has 1 N–H and O–H groups in total. The number of ether oxygens (including phenoxy) is 2. The predicted octanol–water partition coefficient (Wildman–Crippen LogP) is 5.94. The summed E-state index contributed by atoms with van der Waals surface area (Å²) in [6.07, 6.45) is -4.52. The van der Waals surface area contributed by atoms with Crippen LogP contribution in [0.5, 0.6) is 5.75 Å². The van der Waals surface area contributed by atoms with Gasteiger partial charge in [0.05, 0.1) is 18.8 Å². The molecule has 8 heteroatoms. The van der Waals surface area contributed by atoms with Crippen LogP contribution < -0.4 is 4.74 Å². The summed E-state index contributed by atoms with van der Waals surface area (Å²) in [6, 6.07) is 9.23. The number of aryl methyl sites for hydroxylation is 2. The number of halogens is 4. The Morgan fingerprint density at radius 1 is 1.23 bits per heavy atom. The van der Waals surface area contributed by atoms with Crippen molar-refractivity contribution in [2.24, 2.45) is 0 Å². The van der Waals surface area contributed by atoms with Gasteiger partial charge in [-0.1, -0.05) is 23.7 Å². The molecule has 0 radical (unpaired) electrons. The maximum atomic E-state index is 13.5. The molecular formula is C23H22ClF3O4. The van der Waals surface area contributed by atoms with Gasteiger partial charge in [-0.15, -0.1) is 0 Å². The molecule has 0 spiro atoms. The first-order chi connectivity index (χ1) is 14.6. The number of hydrogen-bond acceptors (Lipinski definition) is 3. The monoisotopic (exact) mass is 454 g/mol. The van der Waals surface area contributed by atoms with Crippen molar-refractivity contribution in [1.29, 1.82) is 0 Å². The lowest BCUT2D eigenvalue weighted by Gasteiger charge is -2.23. The third-order valence-corrected chi connectivity index (χ3v) is 5.36. The summed E-state index contributed by atoms with van der Waals surface area (Å²) in [5, 5.41) is 9.41. The van der Waals surface area contributed by atoms with E-state index in [0.29, 0.717) is 24.7 Å². The van der Waals surface area contributed by atoms with Crippen LogP contribution >= 0.6 is 11.6 Å². The maximum absolute atomic E-state index is 13.5. The molecule has 0 bridgehead atoms. The zero-order chi connectivity index (χ0) is 22.6. The van der Waals surface area contributed by atoms with Gasteiger partial charge >= 0.3 is 12.1 Å². The van der Waals surface area contributed by atoms with Crippen molar-refractivity contribution in [2.75, 3.05) is 19.8 Å². The third-order valence-electron chi connectivity index (χ3n) is 5.12. The third kappa shape index (κ3) is 6.02. The molecule has 0 aromatic heterocycles. The number of aliphatic carboxylic acids is 1. The van der Waals surface area contributed by atoms with E-state index < -0.39 is 17.7 Å². The Morgan fingerprint density at radius 3 is 2.68 bits per heavy atom. The summed E-state index contributed by atoms with van der Waals surface area (Å²) < 4.78 is 51.6. The topological polar surface area (TPSA) is 55.8 Å². The highest BCUT2D eigenvalue weighted by Crippen LogP contribution is 2.36. The van der Waals surface area contributed by atoms with Gasteiger partial charge in [0.15, 0.2) is 0 Å². The Labute approximate surface area is 183 Å². The lowest BCUT2D eigenvalue weighted by Crippen LogP contribution is -2.17. The van der Waals surface area contributed by atoms with E-state index in [0.717, 1.165) is 28.3 Å². The van der Waals surface area contributed by atoms with Gasteiger partial charge in [-0.05, 0) is 71.9 Å². The van der Waals surface area contributed by atoms with E-state index in [4.69, 9.17) is 26.2 Å². The molecule has 4 nitrogen and oxygen atoms in total. The summed E-state index contributed by atoms with van der Waals surface area (Å²) in [5.41, 5.74) is 2.99. The zero-order valence-corrected chi connectivity index (χ0v) is 17.6. The number of benzene rings is 2. The minimum atomic E-state index is -4.61. The highest BCUT2D eigenvalue weighted by atomic mass is 35.5. The summed E-state index contributed by atoms with van der Waals surface area (Å²) in [7, 11) is 0. The first-order valence-electron chi connectivity index (χ1n) is 9.75. The van der Waals surface area contributed by atoms with E-state index in [2.05, 4.69) is 0 Å². The Balaban J connectivity index is 1.84. The Hall–Kier alpha value is -2.51. The number of carboxylic acid groups (broad SMARTS) is 1. The molecule has 0 unspecified atom stereocenters. The Kier molecular flexibility index (Phi) is 7.28. The van der Waals surface area contributed by atoms with E-state index in [-0.39, 0.29) is 30.8 Å². The maximum Gasteiger partial charge on any atom is 0.416 e. The van der Waals surface area contributed by atoms with Crippen molar-refractivity contribution < 1.29 is 32.5 Å². The van der Waals surface area contributed by atoms with Gasteiger partial charge in [-0.3, -0.25) is 4.79 Å². The van der Waals surface area contributed by atoms with Crippen LogP contribution in [0.4, 0.5) is 13.2 Å². The molecule has 166 valence electrons. The number of rotatable bonds is 7. The lowest BCUT2D eigenvalue weighted by atomic mass is 9.93. The van der Waals surface area contributed by atoms with E-state index in [9.17, 15) is 18.0 Å². The van der Waals surface area contributed by atoms with Gasteiger partial charge in [0.1, 0.15) is 12.4 Å². The second kappa shape index (κ2) is 9.75. The molecule has 0 saturated carbocycles. The highest BCUT2D eigenvalue weighted by Gasteiger charge is 2.34. The van der Waals surface area contributed by atoms with Crippen molar-refractivity contribution in [3.05, 3.63) is 69.2 Å². The average molecular weight is 455 g/mol. The van der Waals surface area contributed by atoms with Crippen LogP contribution in [-0.2, 0) is 22.1 Å². The van der Waals surface area contributed by atoms with Gasteiger partial charge in [-0.25, -0.2) is 0 Å². The molecule has 0 amide bonds. The van der Waals surface area contributed by atoms with Crippen LogP contribution in [-0.4, -0.2) is 30.9 Å². The SMILES string of the molecule is Cc1cc(Cl)ccc1C1=C(COc2ccc(CCC(=O)O)c(C(F)(F)F)c2)COCC1. The molecule has 0 aliphatic carbocycles. The molecule has 1 aliphatic heterocycles. The fraction of sp³-hybridized carbons (Fsp3) is 0.348. The van der Waals surface area contributed by atoms with Crippen molar-refractivity contribution in [1.82, 2.24) is 0 Å². The van der Waals surface area contributed by atoms with Gasteiger partial charge in [0, 0.05) is 11.4 Å². The minimum absolute atomic E-state index is 0.0663. The van der Waals surface area contributed by atoms with Gasteiger partial charge in [0.25, 0.3) is 0 Å². The van der Waals surface area contributed by atoms with E-state index in [1.54, 1.807) is 6.07 Å². The summed E-state index contributed by atoms with van der Waals surface area (Å²) in [5.74, 6) is -1.08. The largest absolute Gasteiger partial charge is 0.489 e. The van der Waals surface area contributed by atoms with Crippen LogP contribution in [0, 0.1) is 6.92 Å². The molecule has 3 rings (SSSR count). The van der Waals surface area contributed by atoms with E-state index >= 15 is 0 Å². The number of carbonyl (C=O) groups is 1. The van der Waals surface area contributed by atoms with Gasteiger partial charge in [0.2, 0.25) is 0 Å². The smallest absolute Gasteiger partial charge is 0.416 e. The van der Waals surface area contributed by atoms with E-state index in [1.807, 2.05) is 19.1 Å². The first kappa shape index (κ1) is 23.2.